The number of nitrogens with two attached hydrogens (primary N) is 1. The number of carboxylic acids is 1. The van der Waals surface area contributed by atoms with Crippen molar-refractivity contribution >= 4 is 11.9 Å². The summed E-state index contributed by atoms with van der Waals surface area (Å²) in [7, 11) is 0. The number of carboxylic acid groups (broad SMARTS) is 1. The van der Waals surface area contributed by atoms with Crippen molar-refractivity contribution in [2.24, 2.45) is 11.7 Å². The van der Waals surface area contributed by atoms with Gasteiger partial charge >= 0.3 is 5.97 Å². The fourth-order valence-corrected chi connectivity index (χ4v) is 2.17. The molecule has 3 N–H and O–H groups in total. The molecule has 92 valence electrons. The van der Waals surface area contributed by atoms with Crippen LogP contribution in [0.25, 0.3) is 0 Å². The van der Waals surface area contributed by atoms with Gasteiger partial charge in [0.05, 0.1) is 0 Å². The van der Waals surface area contributed by atoms with Crippen molar-refractivity contribution in [2.75, 3.05) is 13.1 Å². The molecule has 0 aromatic heterocycles. The Morgan fingerprint density at radius 1 is 1.44 bits per heavy atom. The largest absolute Gasteiger partial charge is 0.480 e. The molecule has 1 fully saturated rings. The highest BCUT2D eigenvalue weighted by Crippen LogP contribution is 2.25. The highest BCUT2D eigenvalue weighted by molar-refractivity contribution is 5.84. The van der Waals surface area contributed by atoms with E-state index >= 15 is 0 Å². The average Bonchev–Trinajstić information content (AvgIpc) is 2.60. The van der Waals surface area contributed by atoms with E-state index < -0.39 is 12.0 Å². The smallest absolute Gasteiger partial charge is 0.326 e. The van der Waals surface area contributed by atoms with E-state index in [-0.39, 0.29) is 11.8 Å². The number of unbranched alkanes of at least 4 members (excludes halogenated alkanes) is 1. The van der Waals surface area contributed by atoms with Crippen LogP contribution >= 0.6 is 0 Å². The Kier molecular flexibility index (Phi) is 4.73. The summed E-state index contributed by atoms with van der Waals surface area (Å²) in [5.41, 5.74) is 5.35. The average molecular weight is 228 g/mol. The van der Waals surface area contributed by atoms with Crippen molar-refractivity contribution in [1.82, 2.24) is 4.90 Å². The fraction of sp³-hybridized carbons (Fsp3) is 0.818. The van der Waals surface area contributed by atoms with Gasteiger partial charge in [0.1, 0.15) is 6.04 Å². The van der Waals surface area contributed by atoms with Gasteiger partial charge in [0.25, 0.3) is 0 Å². The Balaban J connectivity index is 2.51. The normalized spacial score (nSPS) is 24.8. The number of likely N-dealkylation sites (tertiary alicyclic amines) is 1. The van der Waals surface area contributed by atoms with Gasteiger partial charge in [-0.1, -0.05) is 6.92 Å². The minimum atomic E-state index is -0.892. The molecule has 1 rings (SSSR count). The Hall–Kier alpha value is -1.10. The second kappa shape index (κ2) is 5.84. The zero-order chi connectivity index (χ0) is 12.1. The standard InChI is InChI=1S/C11H20N2O3/c1-8-5-7-13(10(8)11(15)16)9(14)4-2-3-6-12/h8,10H,2-7,12H2,1H3,(H,15,16). The third kappa shape index (κ3) is 2.95. The third-order valence-electron chi connectivity index (χ3n) is 3.12. The van der Waals surface area contributed by atoms with Gasteiger partial charge < -0.3 is 15.7 Å². The number of hydrogen-bond acceptors (Lipinski definition) is 3. The van der Waals surface area contributed by atoms with Crippen molar-refractivity contribution < 1.29 is 14.7 Å². The first-order chi connectivity index (χ1) is 7.57. The molecule has 2 unspecified atom stereocenters. The lowest BCUT2D eigenvalue weighted by Crippen LogP contribution is -2.42. The van der Waals surface area contributed by atoms with Crippen LogP contribution in [0.4, 0.5) is 0 Å². The van der Waals surface area contributed by atoms with Crippen molar-refractivity contribution in [3.8, 4) is 0 Å². The molecule has 0 saturated carbocycles. The van der Waals surface area contributed by atoms with E-state index in [1.807, 2.05) is 6.92 Å². The molecule has 0 radical (unpaired) electrons. The zero-order valence-corrected chi connectivity index (χ0v) is 9.69. The van der Waals surface area contributed by atoms with Gasteiger partial charge in [-0.2, -0.15) is 0 Å². The van der Waals surface area contributed by atoms with E-state index in [1.165, 1.54) is 4.90 Å². The molecule has 0 spiro atoms. The van der Waals surface area contributed by atoms with Gasteiger partial charge in [-0.25, -0.2) is 4.79 Å². The number of aliphatic carboxylic acids is 1. The molecule has 1 aliphatic rings. The van der Waals surface area contributed by atoms with Gasteiger partial charge in [0.2, 0.25) is 5.91 Å². The molecular weight excluding hydrogens is 208 g/mol. The number of amides is 1. The van der Waals surface area contributed by atoms with Crippen molar-refractivity contribution in [3.05, 3.63) is 0 Å². The van der Waals surface area contributed by atoms with Crippen molar-refractivity contribution in [2.45, 2.75) is 38.6 Å². The Labute approximate surface area is 95.6 Å². The number of carbonyl (C=O) groups excluding carboxylic acids is 1. The van der Waals surface area contributed by atoms with Gasteiger partial charge in [-0.3, -0.25) is 4.79 Å². The third-order valence-corrected chi connectivity index (χ3v) is 3.12. The van der Waals surface area contributed by atoms with Crippen LogP contribution in [0.1, 0.15) is 32.6 Å². The van der Waals surface area contributed by atoms with Crippen LogP contribution in [-0.2, 0) is 9.59 Å². The first-order valence-corrected chi connectivity index (χ1v) is 5.80. The molecule has 0 aromatic carbocycles. The molecule has 0 bridgehead atoms. The van der Waals surface area contributed by atoms with E-state index in [2.05, 4.69) is 0 Å². The van der Waals surface area contributed by atoms with E-state index in [0.29, 0.717) is 19.5 Å². The fourth-order valence-electron chi connectivity index (χ4n) is 2.17. The van der Waals surface area contributed by atoms with Gasteiger partial charge in [-0.05, 0) is 31.7 Å². The topological polar surface area (TPSA) is 83.6 Å². The van der Waals surface area contributed by atoms with Crippen LogP contribution in [0.3, 0.4) is 0 Å². The number of rotatable bonds is 5. The number of nitrogens with zero attached hydrogens (tertiary/aromatic N) is 1. The van der Waals surface area contributed by atoms with E-state index in [9.17, 15) is 9.59 Å². The quantitative estimate of drug-likeness (QED) is 0.669. The molecule has 1 amide bonds. The van der Waals surface area contributed by atoms with Crippen molar-refractivity contribution in [1.29, 1.82) is 0 Å². The molecule has 2 atom stereocenters. The summed E-state index contributed by atoms with van der Waals surface area (Å²) in [6.07, 6.45) is 2.74. The summed E-state index contributed by atoms with van der Waals surface area (Å²) in [4.78, 5) is 24.3. The molecule has 1 aliphatic heterocycles. The van der Waals surface area contributed by atoms with Crippen LogP contribution in [-0.4, -0.2) is 41.0 Å². The Morgan fingerprint density at radius 2 is 2.12 bits per heavy atom. The molecule has 0 aliphatic carbocycles. The van der Waals surface area contributed by atoms with Gasteiger partial charge in [0.15, 0.2) is 0 Å². The van der Waals surface area contributed by atoms with Gasteiger partial charge in [-0.15, -0.1) is 0 Å². The highest BCUT2D eigenvalue weighted by Gasteiger charge is 2.38. The molecule has 0 aromatic rings. The minimum absolute atomic E-state index is 0.0507. The van der Waals surface area contributed by atoms with E-state index in [1.54, 1.807) is 0 Å². The Morgan fingerprint density at radius 3 is 2.69 bits per heavy atom. The SMILES string of the molecule is CC1CCN(C(=O)CCCCN)C1C(=O)O. The molecule has 1 saturated heterocycles. The summed E-state index contributed by atoms with van der Waals surface area (Å²) in [6, 6.07) is -0.634. The van der Waals surface area contributed by atoms with Crippen LogP contribution in [0.2, 0.25) is 0 Å². The molecular formula is C11H20N2O3. The van der Waals surface area contributed by atoms with Gasteiger partial charge in [0, 0.05) is 13.0 Å². The zero-order valence-electron chi connectivity index (χ0n) is 9.69. The summed E-state index contributed by atoms with van der Waals surface area (Å²) >= 11 is 0. The van der Waals surface area contributed by atoms with Crippen LogP contribution < -0.4 is 5.73 Å². The second-order valence-corrected chi connectivity index (χ2v) is 4.38. The molecule has 5 nitrogen and oxygen atoms in total. The van der Waals surface area contributed by atoms with Crippen LogP contribution in [0.5, 0.6) is 0 Å². The number of hydrogen-bond donors (Lipinski definition) is 2. The minimum Gasteiger partial charge on any atom is -0.480 e. The maximum Gasteiger partial charge on any atom is 0.326 e. The maximum atomic E-state index is 11.8. The summed E-state index contributed by atoms with van der Waals surface area (Å²) in [6.45, 7) is 3.03. The molecule has 1 heterocycles. The van der Waals surface area contributed by atoms with E-state index in [4.69, 9.17) is 10.8 Å². The van der Waals surface area contributed by atoms with Crippen LogP contribution in [0, 0.1) is 5.92 Å². The Bertz CT molecular complexity index is 268. The number of carbonyl (C=O) groups is 2. The second-order valence-electron chi connectivity index (χ2n) is 4.38. The monoisotopic (exact) mass is 228 g/mol. The first-order valence-electron chi connectivity index (χ1n) is 5.80. The summed E-state index contributed by atoms with van der Waals surface area (Å²) in [5.74, 6) is -0.890. The maximum absolute atomic E-state index is 11.8. The molecule has 16 heavy (non-hydrogen) atoms. The predicted molar refractivity (Wildman–Crippen MR) is 59.8 cm³/mol. The van der Waals surface area contributed by atoms with Crippen molar-refractivity contribution in [3.63, 3.8) is 0 Å². The first kappa shape index (κ1) is 13.0. The van der Waals surface area contributed by atoms with E-state index in [0.717, 1.165) is 19.3 Å². The lowest BCUT2D eigenvalue weighted by molar-refractivity contribution is -0.149. The highest BCUT2D eigenvalue weighted by atomic mass is 16.4. The summed E-state index contributed by atoms with van der Waals surface area (Å²) < 4.78 is 0. The summed E-state index contributed by atoms with van der Waals surface area (Å²) in [5, 5.41) is 9.06. The van der Waals surface area contributed by atoms with Crippen LogP contribution in [0.15, 0.2) is 0 Å². The lowest BCUT2D eigenvalue weighted by atomic mass is 10.0. The predicted octanol–water partition coefficient (Wildman–Crippen LogP) is 0.437. The lowest BCUT2D eigenvalue weighted by Gasteiger charge is -2.23. The molecule has 5 heteroatoms.